The maximum absolute atomic E-state index is 3.76. The van der Waals surface area contributed by atoms with E-state index in [0.717, 1.165) is 4.83 Å². The molecule has 0 atom stereocenters. The Morgan fingerprint density at radius 2 is 2.62 bits per heavy atom. The summed E-state index contributed by atoms with van der Waals surface area (Å²) in [7, 11) is 0. The highest BCUT2D eigenvalue weighted by Gasteiger charge is 1.90. The smallest absolute Gasteiger partial charge is 0.139 e. The molecule has 0 saturated carbocycles. The summed E-state index contributed by atoms with van der Waals surface area (Å²) >= 11 is 1.63. The second-order valence-corrected chi connectivity index (χ2v) is 2.35. The molecule has 0 aliphatic heterocycles. The minimum absolute atomic E-state index is 1.09. The van der Waals surface area contributed by atoms with E-state index in [-0.39, 0.29) is 0 Å². The van der Waals surface area contributed by atoms with Crippen molar-refractivity contribution in [3.63, 3.8) is 0 Å². The molecular weight excluding hydrogens is 122 g/mol. The van der Waals surface area contributed by atoms with Crippen LogP contribution in [0.1, 0.15) is 0 Å². The van der Waals surface area contributed by atoms with Gasteiger partial charge in [0.25, 0.3) is 0 Å². The monoisotopic (exact) mass is 125 g/mol. The summed E-state index contributed by atoms with van der Waals surface area (Å²) < 4.78 is 1.74. The molecule has 0 amide bonds. The van der Waals surface area contributed by atoms with Gasteiger partial charge in [-0.2, -0.15) is 0 Å². The zero-order valence-corrected chi connectivity index (χ0v) is 4.80. The first kappa shape index (κ1) is 4.03. The molecule has 2 rings (SSSR count). The number of thiazole rings is 1. The van der Waals surface area contributed by atoms with E-state index in [9.17, 15) is 0 Å². The largest absolute Gasteiger partial charge is 0.210 e. The number of nitrogens with zero attached hydrogens (tertiary/aromatic N) is 3. The molecule has 2 aromatic rings. The lowest BCUT2D eigenvalue weighted by atomic mass is 10.9. The normalized spacial score (nSPS) is 10.5. The van der Waals surface area contributed by atoms with E-state index in [0.29, 0.717) is 0 Å². The second-order valence-electron chi connectivity index (χ2n) is 1.42. The van der Waals surface area contributed by atoms with Crippen LogP contribution in [0.2, 0.25) is 0 Å². The van der Waals surface area contributed by atoms with Crippen LogP contribution in [0.3, 0.4) is 0 Å². The van der Waals surface area contributed by atoms with Crippen molar-refractivity contribution >= 4 is 16.2 Å². The quantitative estimate of drug-likeness (QED) is 0.521. The predicted octanol–water partition coefficient (Wildman–Crippen LogP) is 0.791. The topological polar surface area (TPSA) is 30.2 Å². The summed E-state index contributed by atoms with van der Waals surface area (Å²) in [6, 6.07) is 0. The van der Waals surface area contributed by atoms with Crippen LogP contribution in [-0.2, 0) is 0 Å². The molecule has 2 aromatic heterocycles. The molecule has 0 saturated heterocycles. The van der Waals surface area contributed by atoms with E-state index in [4.69, 9.17) is 0 Å². The fourth-order valence-electron chi connectivity index (χ4n) is 0.580. The lowest BCUT2D eigenvalue weighted by Crippen LogP contribution is -1.76. The molecule has 0 N–H and O–H groups in total. The van der Waals surface area contributed by atoms with Crippen LogP contribution in [0.5, 0.6) is 0 Å². The van der Waals surface area contributed by atoms with Crippen molar-refractivity contribution in [2.45, 2.75) is 0 Å². The molecule has 0 fully saturated rings. The summed E-state index contributed by atoms with van der Waals surface area (Å²) in [5.74, 6) is 0. The highest BCUT2D eigenvalue weighted by molar-refractivity contribution is 7.15. The van der Waals surface area contributed by atoms with Crippen molar-refractivity contribution in [2.24, 2.45) is 0 Å². The van der Waals surface area contributed by atoms with Crippen molar-refractivity contribution in [1.29, 1.82) is 0 Å². The molecule has 40 valence electrons. The van der Waals surface area contributed by atoms with Crippen LogP contribution in [0, 0.1) is 0 Å². The molecule has 0 bridgehead atoms. The molecule has 0 unspecified atom stereocenters. The Kier molecular flexibility index (Phi) is 0.648. The highest BCUT2D eigenvalue weighted by atomic mass is 32.1. The molecular formula is C4H3N3S. The summed E-state index contributed by atoms with van der Waals surface area (Å²) in [4.78, 5) is 1.09. The fourth-order valence-corrected chi connectivity index (χ4v) is 1.21. The van der Waals surface area contributed by atoms with Crippen molar-refractivity contribution in [2.75, 3.05) is 0 Å². The molecule has 2 heterocycles. The van der Waals surface area contributed by atoms with Gasteiger partial charge in [-0.15, -0.1) is 16.4 Å². The maximum atomic E-state index is 3.76. The molecule has 0 aliphatic carbocycles. The number of hydrogen-bond donors (Lipinski definition) is 0. The molecule has 4 heteroatoms. The Balaban J connectivity index is 3.06. The molecule has 0 aromatic carbocycles. The Morgan fingerprint density at radius 3 is 3.50 bits per heavy atom. The van der Waals surface area contributed by atoms with Gasteiger partial charge in [-0.1, -0.05) is 5.21 Å². The Labute approximate surface area is 49.6 Å². The lowest BCUT2D eigenvalue weighted by molar-refractivity contribution is 0.863. The van der Waals surface area contributed by atoms with Crippen LogP contribution in [-0.4, -0.2) is 14.8 Å². The SMILES string of the molecule is c1cn2nncc2s1. The van der Waals surface area contributed by atoms with Gasteiger partial charge in [0.2, 0.25) is 0 Å². The third kappa shape index (κ3) is 0.376. The van der Waals surface area contributed by atoms with Gasteiger partial charge in [0.05, 0.1) is 6.20 Å². The van der Waals surface area contributed by atoms with Crippen LogP contribution >= 0.6 is 11.3 Å². The first-order chi connectivity index (χ1) is 3.97. The number of aromatic nitrogens is 3. The van der Waals surface area contributed by atoms with Gasteiger partial charge in [0.1, 0.15) is 4.83 Å². The van der Waals surface area contributed by atoms with Gasteiger partial charge in [0.15, 0.2) is 0 Å². The van der Waals surface area contributed by atoms with Gasteiger partial charge >= 0.3 is 0 Å². The second kappa shape index (κ2) is 1.29. The fraction of sp³-hybridized carbons (Fsp3) is 0. The van der Waals surface area contributed by atoms with E-state index in [2.05, 4.69) is 10.3 Å². The van der Waals surface area contributed by atoms with Crippen LogP contribution in [0.4, 0.5) is 0 Å². The van der Waals surface area contributed by atoms with Gasteiger partial charge in [0, 0.05) is 11.6 Å². The van der Waals surface area contributed by atoms with Crippen molar-refractivity contribution < 1.29 is 0 Å². The minimum Gasteiger partial charge on any atom is -0.210 e. The van der Waals surface area contributed by atoms with Crippen molar-refractivity contribution in [3.8, 4) is 0 Å². The van der Waals surface area contributed by atoms with Gasteiger partial charge < -0.3 is 0 Å². The summed E-state index contributed by atoms with van der Waals surface area (Å²) in [5.41, 5.74) is 0. The average Bonchev–Trinajstić information content (AvgIpc) is 2.15. The number of hydrogen-bond acceptors (Lipinski definition) is 3. The Hall–Kier alpha value is -0.900. The van der Waals surface area contributed by atoms with E-state index < -0.39 is 0 Å². The first-order valence-corrected chi connectivity index (χ1v) is 3.08. The molecule has 0 aliphatic rings. The van der Waals surface area contributed by atoms with Gasteiger partial charge in [-0.05, 0) is 0 Å². The van der Waals surface area contributed by atoms with Crippen molar-refractivity contribution in [3.05, 3.63) is 17.8 Å². The zero-order chi connectivity index (χ0) is 5.40. The minimum atomic E-state index is 1.09. The molecule has 0 spiro atoms. The van der Waals surface area contributed by atoms with E-state index in [1.165, 1.54) is 0 Å². The van der Waals surface area contributed by atoms with Crippen LogP contribution in [0.15, 0.2) is 17.8 Å². The average molecular weight is 125 g/mol. The van der Waals surface area contributed by atoms with E-state index >= 15 is 0 Å². The molecule has 3 nitrogen and oxygen atoms in total. The summed E-state index contributed by atoms with van der Waals surface area (Å²) in [6.45, 7) is 0. The van der Waals surface area contributed by atoms with Gasteiger partial charge in [-0.25, -0.2) is 4.52 Å². The summed E-state index contributed by atoms with van der Waals surface area (Å²) in [6.07, 6.45) is 3.62. The number of fused-ring (bicyclic) bond motifs is 1. The lowest BCUT2D eigenvalue weighted by Gasteiger charge is -1.68. The van der Waals surface area contributed by atoms with E-state index in [1.54, 1.807) is 22.0 Å². The first-order valence-electron chi connectivity index (χ1n) is 2.20. The maximum Gasteiger partial charge on any atom is 0.139 e. The van der Waals surface area contributed by atoms with Crippen LogP contribution < -0.4 is 0 Å². The van der Waals surface area contributed by atoms with Gasteiger partial charge in [-0.3, -0.25) is 0 Å². The predicted molar refractivity (Wildman–Crippen MR) is 30.9 cm³/mol. The standard InChI is InChI=1S/C4H3N3S/c1-2-8-4-3-5-6-7(1)4/h1-3H. The third-order valence-electron chi connectivity index (χ3n) is 0.933. The van der Waals surface area contributed by atoms with Crippen molar-refractivity contribution in [1.82, 2.24) is 14.8 Å². The summed E-state index contributed by atoms with van der Waals surface area (Å²) in [5, 5.41) is 9.42. The third-order valence-corrected chi connectivity index (χ3v) is 1.72. The number of rotatable bonds is 0. The molecule has 0 radical (unpaired) electrons. The molecule has 8 heavy (non-hydrogen) atoms. The van der Waals surface area contributed by atoms with E-state index in [1.807, 2.05) is 11.6 Å². The zero-order valence-electron chi connectivity index (χ0n) is 3.98. The Bertz CT molecular complexity index is 233. The Morgan fingerprint density at radius 1 is 1.62 bits per heavy atom. The highest BCUT2D eigenvalue weighted by Crippen LogP contribution is 2.06. The van der Waals surface area contributed by atoms with Crippen LogP contribution in [0.25, 0.3) is 4.83 Å².